The molecule has 0 radical (unpaired) electrons. The molecule has 0 unspecified atom stereocenters. The summed E-state index contributed by atoms with van der Waals surface area (Å²) in [4.78, 5) is 28.9. The summed E-state index contributed by atoms with van der Waals surface area (Å²) in [6.45, 7) is 3.88. The molecule has 8 nitrogen and oxygen atoms in total. The number of allylic oxidation sites excluding steroid dienone is 1. The van der Waals surface area contributed by atoms with E-state index in [-0.39, 0.29) is 23.6 Å². The van der Waals surface area contributed by atoms with E-state index in [1.165, 1.54) is 11.3 Å². The van der Waals surface area contributed by atoms with Gasteiger partial charge in [0, 0.05) is 34.0 Å². The first-order chi connectivity index (χ1) is 16.4. The van der Waals surface area contributed by atoms with Crippen LogP contribution in [0.4, 0.5) is 10.8 Å². The van der Waals surface area contributed by atoms with Crippen molar-refractivity contribution in [1.29, 1.82) is 5.26 Å². The van der Waals surface area contributed by atoms with Gasteiger partial charge in [-0.05, 0) is 37.8 Å². The van der Waals surface area contributed by atoms with Crippen LogP contribution in [0.5, 0.6) is 0 Å². The Labute approximate surface area is 209 Å². The van der Waals surface area contributed by atoms with Crippen molar-refractivity contribution in [3.05, 3.63) is 50.9 Å². The lowest BCUT2D eigenvalue weighted by Gasteiger charge is -2.42. The number of carbonyl (C=O) groups is 2. The number of aromatic nitrogens is 2. The molecule has 2 aliphatic heterocycles. The molecule has 0 bridgehead atoms. The van der Waals surface area contributed by atoms with E-state index in [1.807, 2.05) is 0 Å². The number of hydrogen-bond donors (Lipinski definition) is 2. The van der Waals surface area contributed by atoms with Crippen LogP contribution in [0.1, 0.15) is 43.7 Å². The van der Waals surface area contributed by atoms with E-state index in [9.17, 15) is 14.9 Å². The van der Waals surface area contributed by atoms with Gasteiger partial charge in [0.15, 0.2) is 10.1 Å². The number of nitrogens with two attached hydrogens (primary N) is 1. The van der Waals surface area contributed by atoms with Crippen LogP contribution < -0.4 is 16.0 Å². The number of fused-ring (bicyclic) bond motifs is 3. The number of amides is 1. The van der Waals surface area contributed by atoms with Crippen molar-refractivity contribution >= 4 is 57.2 Å². The summed E-state index contributed by atoms with van der Waals surface area (Å²) in [5.41, 5.74) is 7.65. The Morgan fingerprint density at radius 3 is 2.88 bits per heavy atom. The second-order valence-electron chi connectivity index (χ2n) is 8.30. The molecule has 1 aromatic carbocycles. The first kappa shape index (κ1) is 22.9. The fraction of sp³-hybridized carbons (Fsp3) is 0.348. The lowest BCUT2D eigenvalue weighted by molar-refractivity contribution is -0.122. The van der Waals surface area contributed by atoms with Crippen LogP contribution in [0, 0.1) is 18.3 Å². The topological polar surface area (TPSA) is 125 Å². The maximum absolute atomic E-state index is 13.7. The van der Waals surface area contributed by atoms with Crippen molar-refractivity contribution < 1.29 is 9.59 Å². The Hall–Kier alpha value is -2.87. The third-order valence-electron chi connectivity index (χ3n) is 6.41. The molecule has 34 heavy (non-hydrogen) atoms. The molecule has 11 heteroatoms. The summed E-state index contributed by atoms with van der Waals surface area (Å²) in [7, 11) is 0. The third-order valence-corrected chi connectivity index (χ3v) is 9.07. The average Bonchev–Trinajstić information content (AvgIpc) is 3.39. The molecular weight excluding hydrogens is 492 g/mol. The van der Waals surface area contributed by atoms with Gasteiger partial charge in [0.1, 0.15) is 17.3 Å². The molecule has 1 aliphatic carbocycles. The highest BCUT2D eigenvalue weighted by molar-refractivity contribution is 8.01. The van der Waals surface area contributed by atoms with E-state index >= 15 is 0 Å². The van der Waals surface area contributed by atoms with Crippen LogP contribution >= 0.6 is 34.7 Å². The molecule has 3 N–H and O–H groups in total. The number of Topliss-reactive ketones (excluding diaryl/α,β-unsaturated/α-hetero) is 1. The van der Waals surface area contributed by atoms with Gasteiger partial charge in [0.05, 0.1) is 11.3 Å². The monoisotopic (exact) mass is 512 g/mol. The predicted molar refractivity (Wildman–Crippen MR) is 133 cm³/mol. The van der Waals surface area contributed by atoms with Gasteiger partial charge >= 0.3 is 0 Å². The molecule has 0 saturated heterocycles. The molecule has 0 fully saturated rings. The van der Waals surface area contributed by atoms with Crippen molar-refractivity contribution in [2.75, 3.05) is 16.0 Å². The van der Waals surface area contributed by atoms with Crippen molar-refractivity contribution in [3.8, 4) is 6.07 Å². The third kappa shape index (κ3) is 3.04. The standard InChI is InChI=1S/C23H21ClN6O2S2/c1-3-9-33-22-29-28-21(34-22)30-15-5-4-6-16(31)17(15)23(13(10-25)19(30)26)12-7-8-14(24)11(2)18(12)27-20(23)32/h7-8H,3-6,9,26H2,1-2H3,(H,27,32)/t23-/m0/s1. The maximum Gasteiger partial charge on any atom is 0.245 e. The van der Waals surface area contributed by atoms with Crippen LogP contribution in [0.25, 0.3) is 0 Å². The van der Waals surface area contributed by atoms with Gasteiger partial charge < -0.3 is 11.1 Å². The number of rotatable bonds is 4. The predicted octanol–water partition coefficient (Wildman–Crippen LogP) is 4.41. The van der Waals surface area contributed by atoms with E-state index in [0.29, 0.717) is 51.1 Å². The van der Waals surface area contributed by atoms with E-state index in [0.717, 1.165) is 16.5 Å². The molecule has 1 atom stereocenters. The number of nitrogens with one attached hydrogen (secondary N) is 1. The second-order valence-corrected chi connectivity index (χ2v) is 11.0. The van der Waals surface area contributed by atoms with E-state index in [1.54, 1.807) is 35.7 Å². The van der Waals surface area contributed by atoms with Gasteiger partial charge in [-0.3, -0.25) is 14.5 Å². The van der Waals surface area contributed by atoms with Gasteiger partial charge in [0.2, 0.25) is 11.0 Å². The molecule has 174 valence electrons. The zero-order chi connectivity index (χ0) is 24.2. The number of anilines is 2. The quantitative estimate of drug-likeness (QED) is 0.577. The highest BCUT2D eigenvalue weighted by atomic mass is 35.5. The van der Waals surface area contributed by atoms with Gasteiger partial charge in [0.25, 0.3) is 0 Å². The summed E-state index contributed by atoms with van der Waals surface area (Å²) in [5, 5.41) is 22.8. The molecule has 1 amide bonds. The minimum absolute atomic E-state index is 0.0115. The molecular formula is C23H21ClN6O2S2. The lowest BCUT2D eigenvalue weighted by atomic mass is 9.64. The van der Waals surface area contributed by atoms with E-state index < -0.39 is 11.3 Å². The summed E-state index contributed by atoms with van der Waals surface area (Å²) in [6, 6.07) is 5.56. The fourth-order valence-corrected chi connectivity index (χ4v) is 6.90. The van der Waals surface area contributed by atoms with Crippen molar-refractivity contribution in [1.82, 2.24) is 10.2 Å². The number of ketones is 1. The Morgan fingerprint density at radius 2 is 2.15 bits per heavy atom. The van der Waals surface area contributed by atoms with Crippen LogP contribution in [-0.2, 0) is 15.0 Å². The summed E-state index contributed by atoms with van der Waals surface area (Å²) < 4.78 is 0.780. The molecule has 5 rings (SSSR count). The van der Waals surface area contributed by atoms with Crippen molar-refractivity contribution in [2.24, 2.45) is 5.73 Å². The van der Waals surface area contributed by atoms with Gasteiger partial charge in [-0.15, -0.1) is 10.2 Å². The first-order valence-electron chi connectivity index (χ1n) is 10.9. The summed E-state index contributed by atoms with van der Waals surface area (Å²) in [6.07, 6.45) is 2.42. The average molecular weight is 513 g/mol. The van der Waals surface area contributed by atoms with Gasteiger partial charge in [-0.1, -0.05) is 47.7 Å². The fourth-order valence-electron chi connectivity index (χ4n) is 4.94. The Balaban J connectivity index is 1.79. The highest BCUT2D eigenvalue weighted by Crippen LogP contribution is 2.56. The molecule has 1 aromatic heterocycles. The number of thioether (sulfide) groups is 1. The Morgan fingerprint density at radius 1 is 1.35 bits per heavy atom. The first-order valence-corrected chi connectivity index (χ1v) is 13.1. The van der Waals surface area contributed by atoms with Crippen LogP contribution in [0.2, 0.25) is 5.02 Å². The zero-order valence-electron chi connectivity index (χ0n) is 18.6. The smallest absolute Gasteiger partial charge is 0.245 e. The number of carbonyl (C=O) groups excluding carboxylic acids is 2. The minimum atomic E-state index is -1.61. The second kappa shape index (κ2) is 8.41. The van der Waals surface area contributed by atoms with Crippen molar-refractivity contribution in [3.63, 3.8) is 0 Å². The van der Waals surface area contributed by atoms with E-state index in [4.69, 9.17) is 17.3 Å². The van der Waals surface area contributed by atoms with Gasteiger partial charge in [-0.2, -0.15) is 5.26 Å². The number of benzene rings is 1. The molecule has 1 spiro atoms. The normalized spacial score (nSPS) is 21.6. The van der Waals surface area contributed by atoms with Crippen LogP contribution in [0.15, 0.2) is 39.1 Å². The Bertz CT molecular complexity index is 1360. The lowest BCUT2D eigenvalue weighted by Crippen LogP contribution is -2.50. The van der Waals surface area contributed by atoms with E-state index in [2.05, 4.69) is 28.5 Å². The highest BCUT2D eigenvalue weighted by Gasteiger charge is 2.60. The molecule has 3 aliphatic rings. The Kier molecular flexibility index (Phi) is 5.67. The minimum Gasteiger partial charge on any atom is -0.384 e. The molecule has 0 saturated carbocycles. The summed E-state index contributed by atoms with van der Waals surface area (Å²) >= 11 is 9.26. The number of nitrogens with zero attached hydrogens (tertiary/aromatic N) is 4. The molecule has 2 aromatic rings. The zero-order valence-corrected chi connectivity index (χ0v) is 21.0. The van der Waals surface area contributed by atoms with Gasteiger partial charge in [-0.25, -0.2) is 0 Å². The maximum atomic E-state index is 13.7. The van der Waals surface area contributed by atoms with Crippen molar-refractivity contribution in [2.45, 2.75) is 49.3 Å². The number of nitriles is 1. The van der Waals surface area contributed by atoms with Crippen LogP contribution in [0.3, 0.4) is 0 Å². The number of hydrogen-bond acceptors (Lipinski definition) is 9. The molecule has 3 heterocycles. The SMILES string of the molecule is CCCSc1nnc(N2C(N)=C(C#N)[C@]3(C(=O)Nc4c3ccc(Cl)c4C)C3=C2CCCC3=O)s1. The summed E-state index contributed by atoms with van der Waals surface area (Å²) in [5.74, 6) is 0.353. The largest absolute Gasteiger partial charge is 0.384 e. The van der Waals surface area contributed by atoms with Crippen LogP contribution in [-0.4, -0.2) is 27.6 Å². The number of halogens is 1.